The molecular weight excluding hydrogens is 166 g/mol. The third kappa shape index (κ3) is 3.62. The fourth-order valence-corrected chi connectivity index (χ4v) is 0.952. The highest BCUT2D eigenvalue weighted by Crippen LogP contribution is 1.96. The lowest BCUT2D eigenvalue weighted by Gasteiger charge is -2.00. The fraction of sp³-hybridized carbons (Fsp3) is 0.200. The van der Waals surface area contributed by atoms with Gasteiger partial charge in [-0.05, 0) is 5.56 Å². The molecule has 0 aliphatic heterocycles. The van der Waals surface area contributed by atoms with E-state index in [1.54, 1.807) is 0 Å². The van der Waals surface area contributed by atoms with Crippen LogP contribution in [0.25, 0.3) is 0 Å². The van der Waals surface area contributed by atoms with Crippen LogP contribution in [0.4, 0.5) is 0 Å². The standard InChI is InChI=1S/C10H10NO2/c12-8-10(13)7-11-6-9-4-2-1-3-5-9/h1-5,11H,6-7H2. The summed E-state index contributed by atoms with van der Waals surface area (Å²) >= 11 is 0. The molecule has 0 atom stereocenters. The van der Waals surface area contributed by atoms with E-state index in [-0.39, 0.29) is 6.54 Å². The smallest absolute Gasteiger partial charge is 0.273 e. The van der Waals surface area contributed by atoms with Crippen LogP contribution in [0, 0.1) is 0 Å². The van der Waals surface area contributed by atoms with Crippen molar-refractivity contribution >= 4 is 12.1 Å². The van der Waals surface area contributed by atoms with Gasteiger partial charge in [0.1, 0.15) is 0 Å². The minimum Gasteiger partial charge on any atom is -0.305 e. The molecule has 0 unspecified atom stereocenters. The first-order valence-corrected chi connectivity index (χ1v) is 3.98. The highest BCUT2D eigenvalue weighted by atomic mass is 16.2. The molecule has 67 valence electrons. The van der Waals surface area contributed by atoms with Crippen LogP contribution < -0.4 is 5.32 Å². The maximum atomic E-state index is 10.5. The van der Waals surface area contributed by atoms with Gasteiger partial charge >= 0.3 is 0 Å². The van der Waals surface area contributed by atoms with E-state index in [0.717, 1.165) is 5.56 Å². The lowest BCUT2D eigenvalue weighted by molar-refractivity contribution is -0.112. The maximum Gasteiger partial charge on any atom is 0.273 e. The van der Waals surface area contributed by atoms with Crippen molar-refractivity contribution in [3.8, 4) is 0 Å². The summed E-state index contributed by atoms with van der Waals surface area (Å²) in [6, 6.07) is 9.66. The first-order valence-electron chi connectivity index (χ1n) is 3.98. The number of benzene rings is 1. The van der Waals surface area contributed by atoms with Crippen molar-refractivity contribution in [2.45, 2.75) is 6.54 Å². The molecule has 0 bridgehead atoms. The zero-order valence-corrected chi connectivity index (χ0v) is 7.12. The topological polar surface area (TPSA) is 46.2 Å². The number of carbonyl (C=O) groups is 1. The summed E-state index contributed by atoms with van der Waals surface area (Å²) in [6.45, 7) is 0.645. The molecule has 3 nitrogen and oxygen atoms in total. The minimum absolute atomic E-state index is 0.0540. The number of rotatable bonds is 5. The van der Waals surface area contributed by atoms with Gasteiger partial charge < -0.3 is 5.32 Å². The van der Waals surface area contributed by atoms with E-state index < -0.39 is 5.78 Å². The average Bonchev–Trinajstić information content (AvgIpc) is 2.19. The lowest BCUT2D eigenvalue weighted by atomic mass is 10.2. The Morgan fingerprint density at radius 3 is 2.62 bits per heavy atom. The number of ketones is 1. The molecule has 0 saturated heterocycles. The molecule has 1 N–H and O–H groups in total. The summed E-state index contributed by atoms with van der Waals surface area (Å²) in [5.41, 5.74) is 1.08. The van der Waals surface area contributed by atoms with Crippen LogP contribution in [-0.2, 0) is 16.1 Å². The third-order valence-electron chi connectivity index (χ3n) is 1.57. The van der Waals surface area contributed by atoms with Crippen molar-refractivity contribution in [1.29, 1.82) is 0 Å². The lowest BCUT2D eigenvalue weighted by Crippen LogP contribution is -2.22. The number of hydrogen-bond donors (Lipinski definition) is 1. The predicted octanol–water partition coefficient (Wildman–Crippen LogP) is 0.455. The van der Waals surface area contributed by atoms with Gasteiger partial charge in [0, 0.05) is 6.54 Å². The van der Waals surface area contributed by atoms with Gasteiger partial charge in [0.25, 0.3) is 6.29 Å². The van der Waals surface area contributed by atoms with Crippen LogP contribution in [0.1, 0.15) is 5.56 Å². The molecule has 13 heavy (non-hydrogen) atoms. The van der Waals surface area contributed by atoms with Gasteiger partial charge in [0.2, 0.25) is 5.78 Å². The molecule has 1 rings (SSSR count). The second-order valence-corrected chi connectivity index (χ2v) is 2.61. The van der Waals surface area contributed by atoms with Gasteiger partial charge in [-0.15, -0.1) is 0 Å². The summed E-state index contributed by atoms with van der Waals surface area (Å²) in [6.07, 6.45) is 1.30. The average molecular weight is 176 g/mol. The van der Waals surface area contributed by atoms with Gasteiger partial charge in [-0.25, -0.2) is 0 Å². The number of nitrogens with one attached hydrogen (secondary N) is 1. The van der Waals surface area contributed by atoms with Crippen LogP contribution in [0.3, 0.4) is 0 Å². The van der Waals surface area contributed by atoms with Crippen molar-refractivity contribution in [3.05, 3.63) is 35.9 Å². The Morgan fingerprint density at radius 1 is 1.31 bits per heavy atom. The number of Topliss-reactive ketones (excluding diaryl/α,β-unsaturated/α-hetero) is 1. The molecule has 0 heterocycles. The maximum absolute atomic E-state index is 10.5. The van der Waals surface area contributed by atoms with E-state index in [0.29, 0.717) is 6.54 Å². The zero-order chi connectivity index (χ0) is 9.52. The third-order valence-corrected chi connectivity index (χ3v) is 1.57. The summed E-state index contributed by atoms with van der Waals surface area (Å²) in [5, 5.41) is 2.84. The first kappa shape index (κ1) is 9.61. The largest absolute Gasteiger partial charge is 0.305 e. The van der Waals surface area contributed by atoms with Gasteiger partial charge in [0.05, 0.1) is 6.54 Å². The molecular formula is C10H10NO2. The molecule has 1 radical (unpaired) electrons. The molecule has 0 saturated carbocycles. The molecule has 0 amide bonds. The Balaban J connectivity index is 2.28. The van der Waals surface area contributed by atoms with Crippen LogP contribution in [0.5, 0.6) is 0 Å². The molecule has 0 aromatic heterocycles. The molecule has 1 aromatic carbocycles. The monoisotopic (exact) mass is 176 g/mol. The molecule has 3 heteroatoms. The van der Waals surface area contributed by atoms with E-state index in [2.05, 4.69) is 5.32 Å². The minimum atomic E-state index is -0.545. The van der Waals surface area contributed by atoms with Crippen LogP contribution in [0.2, 0.25) is 0 Å². The second-order valence-electron chi connectivity index (χ2n) is 2.61. The van der Waals surface area contributed by atoms with E-state index in [1.165, 1.54) is 6.29 Å². The molecule has 0 aliphatic rings. The molecule has 1 aromatic rings. The van der Waals surface area contributed by atoms with E-state index in [1.807, 2.05) is 30.3 Å². The normalized spacial score (nSPS) is 9.54. The SMILES string of the molecule is O=[C]C(=O)CNCc1ccccc1. The van der Waals surface area contributed by atoms with Crippen molar-refractivity contribution in [2.24, 2.45) is 0 Å². The number of carbonyl (C=O) groups excluding carboxylic acids is 2. The van der Waals surface area contributed by atoms with Gasteiger partial charge in [-0.3, -0.25) is 9.59 Å². The fourth-order valence-electron chi connectivity index (χ4n) is 0.952. The Morgan fingerprint density at radius 2 is 2.00 bits per heavy atom. The summed E-state index contributed by atoms with van der Waals surface area (Å²) in [5.74, 6) is -0.545. The van der Waals surface area contributed by atoms with E-state index in [9.17, 15) is 9.59 Å². The Hall–Kier alpha value is -1.48. The Bertz CT molecular complexity index is 282. The zero-order valence-electron chi connectivity index (χ0n) is 7.12. The highest BCUT2D eigenvalue weighted by Gasteiger charge is 1.98. The van der Waals surface area contributed by atoms with Crippen molar-refractivity contribution in [1.82, 2.24) is 5.32 Å². The van der Waals surface area contributed by atoms with Crippen molar-refractivity contribution in [2.75, 3.05) is 6.54 Å². The molecule has 0 spiro atoms. The van der Waals surface area contributed by atoms with Gasteiger partial charge in [-0.2, -0.15) is 0 Å². The second kappa shape index (κ2) is 5.22. The van der Waals surface area contributed by atoms with Crippen LogP contribution >= 0.6 is 0 Å². The predicted molar refractivity (Wildman–Crippen MR) is 48.8 cm³/mol. The molecule has 0 fully saturated rings. The Labute approximate surface area is 76.8 Å². The number of hydrogen-bond acceptors (Lipinski definition) is 3. The van der Waals surface area contributed by atoms with Crippen LogP contribution in [0.15, 0.2) is 30.3 Å². The van der Waals surface area contributed by atoms with Crippen molar-refractivity contribution in [3.63, 3.8) is 0 Å². The Kier molecular flexibility index (Phi) is 3.85. The summed E-state index contributed by atoms with van der Waals surface area (Å²) in [4.78, 5) is 20.3. The van der Waals surface area contributed by atoms with Crippen molar-refractivity contribution < 1.29 is 9.59 Å². The van der Waals surface area contributed by atoms with E-state index in [4.69, 9.17) is 0 Å². The van der Waals surface area contributed by atoms with Crippen LogP contribution in [-0.4, -0.2) is 18.6 Å². The molecule has 0 aliphatic carbocycles. The first-order chi connectivity index (χ1) is 6.33. The van der Waals surface area contributed by atoms with Gasteiger partial charge in [-0.1, -0.05) is 30.3 Å². The quantitative estimate of drug-likeness (QED) is 0.663. The van der Waals surface area contributed by atoms with E-state index >= 15 is 0 Å². The highest BCUT2D eigenvalue weighted by molar-refractivity contribution is 6.26. The van der Waals surface area contributed by atoms with Gasteiger partial charge in [0.15, 0.2) is 0 Å². The summed E-state index contributed by atoms with van der Waals surface area (Å²) < 4.78 is 0. The summed E-state index contributed by atoms with van der Waals surface area (Å²) in [7, 11) is 0.